The van der Waals surface area contributed by atoms with E-state index in [1.54, 1.807) is 24.3 Å². The second-order valence-corrected chi connectivity index (χ2v) is 3.26. The predicted octanol–water partition coefficient (Wildman–Crippen LogP) is 1.70. The van der Waals surface area contributed by atoms with Gasteiger partial charge >= 0.3 is 5.97 Å². The van der Waals surface area contributed by atoms with Crippen LogP contribution in [0.4, 0.5) is 0 Å². The van der Waals surface area contributed by atoms with Gasteiger partial charge in [-0.1, -0.05) is 30.3 Å². The van der Waals surface area contributed by atoms with Crippen molar-refractivity contribution >= 4 is 22.8 Å². The molecule has 0 amide bonds. The Labute approximate surface area is 86.3 Å². The Balaban J connectivity index is 2.75. The average molecular weight is 213 g/mol. The molecule has 0 spiro atoms. The smallest absolute Gasteiger partial charge is 0.315 e. The van der Waals surface area contributed by atoms with Crippen LogP contribution in [0.1, 0.15) is 5.56 Å². The molecule has 0 heterocycles. The highest BCUT2D eigenvalue weighted by Crippen LogP contribution is 2.11. The quantitative estimate of drug-likeness (QED) is 0.611. The zero-order chi connectivity index (χ0) is 10.6. The monoisotopic (exact) mass is 212 g/mol. The maximum absolute atomic E-state index is 10.8. The number of aliphatic carboxylic acids is 1. The molecule has 1 unspecified atom stereocenters. The summed E-state index contributed by atoms with van der Waals surface area (Å²) in [6, 6.07) is 8.91. The van der Waals surface area contributed by atoms with Crippen molar-refractivity contribution in [3.63, 3.8) is 0 Å². The fourth-order valence-electron chi connectivity index (χ4n) is 1.11. The maximum Gasteiger partial charge on any atom is 0.315 e. The van der Waals surface area contributed by atoms with E-state index in [4.69, 9.17) is 16.7 Å². The van der Waals surface area contributed by atoms with E-state index in [9.17, 15) is 9.59 Å². The van der Waals surface area contributed by atoms with Crippen LogP contribution in [0.15, 0.2) is 30.3 Å². The van der Waals surface area contributed by atoms with Gasteiger partial charge in [-0.2, -0.15) is 0 Å². The lowest BCUT2D eigenvalue weighted by molar-refractivity contribution is -0.144. The van der Waals surface area contributed by atoms with Crippen LogP contribution >= 0.6 is 11.6 Å². The first-order chi connectivity index (χ1) is 6.61. The van der Waals surface area contributed by atoms with Gasteiger partial charge in [0.1, 0.15) is 5.92 Å². The lowest BCUT2D eigenvalue weighted by atomic mass is 10.0. The molecule has 0 aromatic heterocycles. The Bertz CT molecular complexity index is 320. The summed E-state index contributed by atoms with van der Waals surface area (Å²) in [7, 11) is 0. The number of halogens is 1. The van der Waals surface area contributed by atoms with Gasteiger partial charge in [-0.05, 0) is 23.6 Å². The number of rotatable bonds is 4. The van der Waals surface area contributed by atoms with E-state index in [1.807, 2.05) is 6.07 Å². The molecule has 0 saturated carbocycles. The predicted molar refractivity (Wildman–Crippen MR) is 52.1 cm³/mol. The summed E-state index contributed by atoms with van der Waals surface area (Å²) in [4.78, 5) is 21.4. The van der Waals surface area contributed by atoms with E-state index in [0.717, 1.165) is 5.56 Å². The molecule has 0 aliphatic rings. The molecular formula is C10H9ClO3. The van der Waals surface area contributed by atoms with E-state index in [2.05, 4.69) is 0 Å². The molecule has 0 aliphatic carbocycles. The van der Waals surface area contributed by atoms with Crippen LogP contribution in [0.2, 0.25) is 0 Å². The van der Waals surface area contributed by atoms with E-state index in [-0.39, 0.29) is 6.42 Å². The molecule has 0 saturated heterocycles. The van der Waals surface area contributed by atoms with Crippen LogP contribution < -0.4 is 0 Å². The van der Waals surface area contributed by atoms with Crippen molar-refractivity contribution < 1.29 is 14.7 Å². The minimum atomic E-state index is -1.19. The minimum absolute atomic E-state index is 0.137. The third-order valence-electron chi connectivity index (χ3n) is 1.85. The van der Waals surface area contributed by atoms with Gasteiger partial charge in [0.2, 0.25) is 5.24 Å². The number of carbonyl (C=O) groups is 2. The van der Waals surface area contributed by atoms with Crippen LogP contribution in [-0.2, 0) is 16.0 Å². The number of carboxylic acid groups (broad SMARTS) is 1. The number of benzene rings is 1. The van der Waals surface area contributed by atoms with Gasteiger partial charge in [-0.3, -0.25) is 9.59 Å². The van der Waals surface area contributed by atoms with Crippen LogP contribution in [0.5, 0.6) is 0 Å². The van der Waals surface area contributed by atoms with Crippen molar-refractivity contribution in [2.24, 2.45) is 5.92 Å². The topological polar surface area (TPSA) is 54.4 Å². The summed E-state index contributed by atoms with van der Waals surface area (Å²) in [6.45, 7) is 0. The number of hydrogen-bond donors (Lipinski definition) is 1. The molecule has 14 heavy (non-hydrogen) atoms. The zero-order valence-corrected chi connectivity index (χ0v) is 8.07. The molecule has 74 valence electrons. The Morgan fingerprint density at radius 2 is 1.86 bits per heavy atom. The molecule has 4 heteroatoms. The number of carboxylic acids is 1. The Morgan fingerprint density at radius 1 is 1.29 bits per heavy atom. The van der Waals surface area contributed by atoms with Crippen LogP contribution in [0.25, 0.3) is 0 Å². The first-order valence-electron chi connectivity index (χ1n) is 4.07. The zero-order valence-electron chi connectivity index (χ0n) is 7.31. The first-order valence-corrected chi connectivity index (χ1v) is 4.45. The van der Waals surface area contributed by atoms with Gasteiger partial charge in [0.25, 0.3) is 0 Å². The molecule has 0 aliphatic heterocycles. The van der Waals surface area contributed by atoms with Crippen LogP contribution in [0.3, 0.4) is 0 Å². The van der Waals surface area contributed by atoms with Crippen LogP contribution in [-0.4, -0.2) is 16.3 Å². The standard InChI is InChI=1S/C10H9ClO3/c11-9(12)8(10(13)14)6-7-4-2-1-3-5-7/h1-5,8H,6H2,(H,13,14). The lowest BCUT2D eigenvalue weighted by Gasteiger charge is -2.06. The van der Waals surface area contributed by atoms with Crippen molar-refractivity contribution in [1.82, 2.24) is 0 Å². The SMILES string of the molecule is O=C(O)C(Cc1ccccc1)C(=O)Cl. The maximum atomic E-state index is 10.8. The Hall–Kier alpha value is -1.35. The summed E-state index contributed by atoms with van der Waals surface area (Å²) < 4.78 is 0. The molecule has 3 nitrogen and oxygen atoms in total. The van der Waals surface area contributed by atoms with E-state index in [1.165, 1.54) is 0 Å². The molecular weight excluding hydrogens is 204 g/mol. The van der Waals surface area contributed by atoms with Crippen molar-refractivity contribution in [3.05, 3.63) is 35.9 Å². The molecule has 1 rings (SSSR count). The largest absolute Gasteiger partial charge is 0.481 e. The Kier molecular flexibility index (Phi) is 3.65. The average Bonchev–Trinajstić information content (AvgIpc) is 2.15. The van der Waals surface area contributed by atoms with Crippen molar-refractivity contribution in [2.45, 2.75) is 6.42 Å². The van der Waals surface area contributed by atoms with Crippen molar-refractivity contribution in [3.8, 4) is 0 Å². The molecule has 1 atom stereocenters. The van der Waals surface area contributed by atoms with Crippen LogP contribution in [0, 0.1) is 5.92 Å². The molecule has 1 N–H and O–H groups in total. The first kappa shape index (κ1) is 10.7. The van der Waals surface area contributed by atoms with Gasteiger partial charge in [-0.25, -0.2) is 0 Å². The summed E-state index contributed by atoms with van der Waals surface area (Å²) in [6.07, 6.45) is 0.137. The normalized spacial score (nSPS) is 12.1. The second-order valence-electron chi connectivity index (χ2n) is 2.88. The summed E-state index contributed by atoms with van der Waals surface area (Å²) in [5.41, 5.74) is 0.786. The molecule has 1 aromatic rings. The van der Waals surface area contributed by atoms with E-state index < -0.39 is 17.1 Å². The fourth-order valence-corrected chi connectivity index (χ4v) is 1.28. The van der Waals surface area contributed by atoms with Gasteiger partial charge in [-0.15, -0.1) is 0 Å². The van der Waals surface area contributed by atoms with Crippen molar-refractivity contribution in [1.29, 1.82) is 0 Å². The Morgan fingerprint density at radius 3 is 2.29 bits per heavy atom. The third kappa shape index (κ3) is 2.85. The van der Waals surface area contributed by atoms with E-state index in [0.29, 0.717) is 0 Å². The molecule has 0 radical (unpaired) electrons. The van der Waals surface area contributed by atoms with Gasteiger partial charge < -0.3 is 5.11 Å². The molecule has 1 aromatic carbocycles. The summed E-state index contributed by atoms with van der Waals surface area (Å²) >= 11 is 5.17. The molecule has 0 bridgehead atoms. The highest BCUT2D eigenvalue weighted by Gasteiger charge is 2.24. The highest BCUT2D eigenvalue weighted by molar-refractivity contribution is 6.65. The van der Waals surface area contributed by atoms with Gasteiger partial charge in [0.15, 0.2) is 0 Å². The van der Waals surface area contributed by atoms with Crippen molar-refractivity contribution in [2.75, 3.05) is 0 Å². The van der Waals surface area contributed by atoms with Gasteiger partial charge in [0, 0.05) is 0 Å². The second kappa shape index (κ2) is 4.77. The minimum Gasteiger partial charge on any atom is -0.481 e. The lowest BCUT2D eigenvalue weighted by Crippen LogP contribution is -2.22. The highest BCUT2D eigenvalue weighted by atomic mass is 35.5. The summed E-state index contributed by atoms with van der Waals surface area (Å²) in [5.74, 6) is -2.34. The number of carbonyl (C=O) groups excluding carboxylic acids is 1. The fraction of sp³-hybridized carbons (Fsp3) is 0.200. The van der Waals surface area contributed by atoms with Gasteiger partial charge in [0.05, 0.1) is 0 Å². The molecule has 0 fully saturated rings. The van der Waals surface area contributed by atoms with E-state index >= 15 is 0 Å². The summed E-state index contributed by atoms with van der Waals surface area (Å²) in [5, 5.41) is 7.87. The third-order valence-corrected chi connectivity index (χ3v) is 2.12. The number of hydrogen-bond acceptors (Lipinski definition) is 2.